The summed E-state index contributed by atoms with van der Waals surface area (Å²) >= 11 is 0. The Bertz CT molecular complexity index is 618. The van der Waals surface area contributed by atoms with Crippen molar-refractivity contribution < 1.29 is 19.1 Å². The summed E-state index contributed by atoms with van der Waals surface area (Å²) in [6.07, 6.45) is 13.5. The first-order valence-corrected chi connectivity index (χ1v) is 15.9. The van der Waals surface area contributed by atoms with E-state index in [1.54, 1.807) is 0 Å². The first-order chi connectivity index (χ1) is 14.9. The zero-order valence-electron chi connectivity index (χ0n) is 22.0. The summed E-state index contributed by atoms with van der Waals surface area (Å²) in [5, 5.41) is 8.95. The molecule has 1 aliphatic carbocycles. The van der Waals surface area contributed by atoms with E-state index >= 15 is 0 Å². The molecule has 0 aliphatic heterocycles. The number of unbranched alkanes of at least 4 members (excludes halogenated alkanes) is 4. The Balaban J connectivity index is 2.67. The summed E-state index contributed by atoms with van der Waals surface area (Å²) in [5.41, 5.74) is 1.33. The molecule has 3 atom stereocenters. The topological polar surface area (TPSA) is 63.6 Å². The summed E-state index contributed by atoms with van der Waals surface area (Å²) in [6, 6.07) is 0. The zero-order valence-corrected chi connectivity index (χ0v) is 23.0. The minimum atomic E-state index is -1.85. The minimum absolute atomic E-state index is 0.0777. The Kier molecular flexibility index (Phi) is 12.4. The number of allylic oxidation sites excluding steroid dienone is 2. The van der Waals surface area contributed by atoms with Crippen molar-refractivity contribution in [3.63, 3.8) is 0 Å². The second-order valence-corrected chi connectivity index (χ2v) is 16.2. The molecule has 0 fully saturated rings. The van der Waals surface area contributed by atoms with E-state index < -0.39 is 14.3 Å². The molecule has 1 rings (SSSR count). The van der Waals surface area contributed by atoms with Crippen molar-refractivity contribution >= 4 is 20.1 Å². The van der Waals surface area contributed by atoms with Crippen LogP contribution in [0.3, 0.4) is 0 Å². The van der Waals surface area contributed by atoms with Crippen molar-refractivity contribution in [1.82, 2.24) is 0 Å². The Labute approximate surface area is 198 Å². The van der Waals surface area contributed by atoms with Gasteiger partial charge in [0.1, 0.15) is 5.78 Å². The fourth-order valence-corrected chi connectivity index (χ4v) is 5.82. The van der Waals surface area contributed by atoms with Gasteiger partial charge in [0.05, 0.1) is 0 Å². The van der Waals surface area contributed by atoms with Crippen molar-refractivity contribution in [3.05, 3.63) is 11.6 Å². The van der Waals surface area contributed by atoms with Gasteiger partial charge in [0.2, 0.25) is 0 Å². The molecule has 4 nitrogen and oxygen atoms in total. The number of carboxylic acid groups (broad SMARTS) is 1. The molecule has 0 amide bonds. The second-order valence-electron chi connectivity index (χ2n) is 11.4. The molecule has 1 aliphatic rings. The van der Waals surface area contributed by atoms with E-state index in [1.807, 2.05) is 0 Å². The number of hydrogen-bond acceptors (Lipinski definition) is 3. The van der Waals surface area contributed by atoms with Gasteiger partial charge in [-0.3, -0.25) is 9.59 Å². The van der Waals surface area contributed by atoms with E-state index in [0.717, 1.165) is 44.9 Å². The molecule has 186 valence electrons. The lowest BCUT2D eigenvalue weighted by Crippen LogP contribution is -2.45. The number of carbonyl (C=O) groups excluding carboxylic acids is 1. The Hall–Kier alpha value is -0.943. The number of ketones is 1. The fraction of sp³-hybridized carbons (Fsp3) is 0.852. The second kappa shape index (κ2) is 13.7. The van der Waals surface area contributed by atoms with Crippen LogP contribution < -0.4 is 0 Å². The lowest BCUT2D eigenvalue weighted by atomic mass is 9.88. The van der Waals surface area contributed by atoms with E-state index in [1.165, 1.54) is 24.8 Å². The zero-order chi connectivity index (χ0) is 24.4. The van der Waals surface area contributed by atoms with Crippen LogP contribution in [0.1, 0.15) is 112 Å². The van der Waals surface area contributed by atoms with E-state index in [0.29, 0.717) is 18.1 Å². The first kappa shape index (κ1) is 29.1. The van der Waals surface area contributed by atoms with Gasteiger partial charge in [0.25, 0.3) is 0 Å². The largest absolute Gasteiger partial charge is 0.481 e. The molecular weight excluding hydrogens is 416 g/mol. The molecular formula is C27H50O4Si. The number of Topliss-reactive ketones (excluding diaryl/α,β-unsaturated/α-hetero) is 1. The molecule has 32 heavy (non-hydrogen) atoms. The number of carboxylic acids is 1. The van der Waals surface area contributed by atoms with Gasteiger partial charge in [-0.2, -0.15) is 0 Å². The number of carbonyl (C=O) groups is 2. The maximum absolute atomic E-state index is 12.5. The Morgan fingerprint density at radius 2 is 1.81 bits per heavy atom. The van der Waals surface area contributed by atoms with Crippen molar-refractivity contribution in [2.24, 2.45) is 11.8 Å². The normalized spacial score (nSPS) is 19.2. The molecule has 0 saturated carbocycles. The average molecular weight is 467 g/mol. The molecule has 5 heteroatoms. The molecule has 0 radical (unpaired) electrons. The molecule has 0 saturated heterocycles. The smallest absolute Gasteiger partial charge is 0.303 e. The van der Waals surface area contributed by atoms with Crippen molar-refractivity contribution in [2.75, 3.05) is 0 Å². The maximum Gasteiger partial charge on any atom is 0.303 e. The summed E-state index contributed by atoms with van der Waals surface area (Å²) in [7, 11) is -1.85. The maximum atomic E-state index is 12.5. The summed E-state index contributed by atoms with van der Waals surface area (Å²) in [6.45, 7) is 16.2. The summed E-state index contributed by atoms with van der Waals surface area (Å²) in [5.74, 6) is 0.263. The van der Waals surface area contributed by atoms with Gasteiger partial charge in [-0.05, 0) is 56.2 Å². The minimum Gasteiger partial charge on any atom is -0.481 e. The van der Waals surface area contributed by atoms with Gasteiger partial charge in [0, 0.05) is 24.9 Å². The fourth-order valence-electron chi connectivity index (χ4n) is 4.36. The third-order valence-electron chi connectivity index (χ3n) is 7.65. The molecule has 0 spiro atoms. The molecule has 0 bridgehead atoms. The average Bonchev–Trinajstić information content (AvgIpc) is 3.04. The molecule has 0 aromatic rings. The van der Waals surface area contributed by atoms with Crippen LogP contribution in [-0.2, 0) is 14.0 Å². The highest BCUT2D eigenvalue weighted by Crippen LogP contribution is 2.40. The predicted octanol–water partition coefficient (Wildman–Crippen LogP) is 7.92. The van der Waals surface area contributed by atoms with E-state index in [9.17, 15) is 9.59 Å². The quantitative estimate of drug-likeness (QED) is 0.142. The molecule has 1 N–H and O–H groups in total. The van der Waals surface area contributed by atoms with E-state index in [2.05, 4.69) is 53.8 Å². The standard InChI is InChI=1S/C27H50O4Si/c1-8-9-14-21(2)25(31-32(6,7)27(3,4)5)20-18-22-17-19-24(28)23(22)15-12-10-11-13-16-26(29)30/h17,21,23,25H,8-16,18-20H2,1-7H3,(H,29,30)/t21?,23-,25?/m1/s1. The van der Waals surface area contributed by atoms with Crippen LogP contribution in [0.4, 0.5) is 0 Å². The highest BCUT2D eigenvalue weighted by atomic mass is 28.4. The van der Waals surface area contributed by atoms with Gasteiger partial charge in [-0.15, -0.1) is 0 Å². The van der Waals surface area contributed by atoms with E-state index in [4.69, 9.17) is 9.53 Å². The van der Waals surface area contributed by atoms with Crippen molar-refractivity contribution in [1.29, 1.82) is 0 Å². The third-order valence-corrected chi connectivity index (χ3v) is 12.2. The van der Waals surface area contributed by atoms with Gasteiger partial charge >= 0.3 is 5.97 Å². The van der Waals surface area contributed by atoms with Crippen LogP contribution in [0, 0.1) is 11.8 Å². The monoisotopic (exact) mass is 466 g/mol. The number of rotatable bonds is 16. The summed E-state index contributed by atoms with van der Waals surface area (Å²) in [4.78, 5) is 23.2. The van der Waals surface area contributed by atoms with E-state index in [-0.39, 0.29) is 23.5 Å². The lowest BCUT2D eigenvalue weighted by molar-refractivity contribution is -0.137. The van der Waals surface area contributed by atoms with Gasteiger partial charge in [0.15, 0.2) is 8.32 Å². The van der Waals surface area contributed by atoms with Crippen LogP contribution in [0.2, 0.25) is 18.1 Å². The Morgan fingerprint density at radius 3 is 2.41 bits per heavy atom. The van der Waals surface area contributed by atoms with Crippen LogP contribution in [0.5, 0.6) is 0 Å². The first-order valence-electron chi connectivity index (χ1n) is 13.0. The van der Waals surface area contributed by atoms with Crippen LogP contribution in [0.15, 0.2) is 11.6 Å². The summed E-state index contributed by atoms with van der Waals surface area (Å²) < 4.78 is 6.91. The van der Waals surface area contributed by atoms with Crippen molar-refractivity contribution in [2.45, 2.75) is 136 Å². The van der Waals surface area contributed by atoms with Crippen molar-refractivity contribution in [3.8, 4) is 0 Å². The third kappa shape index (κ3) is 9.90. The Morgan fingerprint density at radius 1 is 1.16 bits per heavy atom. The molecule has 0 heterocycles. The van der Waals surface area contributed by atoms with Gasteiger partial charge in [-0.25, -0.2) is 0 Å². The highest BCUT2D eigenvalue weighted by molar-refractivity contribution is 6.74. The van der Waals surface area contributed by atoms with Crippen LogP contribution >= 0.6 is 0 Å². The molecule has 2 unspecified atom stereocenters. The lowest BCUT2D eigenvalue weighted by Gasteiger charge is -2.41. The van der Waals surface area contributed by atoms with Crippen LogP contribution in [-0.4, -0.2) is 31.3 Å². The van der Waals surface area contributed by atoms with Crippen LogP contribution in [0.25, 0.3) is 0 Å². The predicted molar refractivity (Wildman–Crippen MR) is 137 cm³/mol. The van der Waals surface area contributed by atoms with Gasteiger partial charge in [-0.1, -0.05) is 78.4 Å². The number of aliphatic carboxylic acids is 1. The molecule has 0 aromatic heterocycles. The molecule has 0 aromatic carbocycles. The number of hydrogen-bond donors (Lipinski definition) is 1. The highest BCUT2D eigenvalue weighted by Gasteiger charge is 2.40. The SMILES string of the molecule is CCCCC(C)C(CCC1=CCC(=O)[C@@H]1CCCCCCC(=O)O)O[Si](C)(C)C(C)(C)C. The van der Waals surface area contributed by atoms with Gasteiger partial charge < -0.3 is 9.53 Å².